The number of hydrogen-bond donors (Lipinski definition) is 2. The average molecular weight is 543 g/mol. The lowest BCUT2D eigenvalue weighted by Gasteiger charge is -2.57. The summed E-state index contributed by atoms with van der Waals surface area (Å²) in [6, 6.07) is 4.86. The highest BCUT2D eigenvalue weighted by molar-refractivity contribution is 7.92. The Morgan fingerprint density at radius 2 is 1.77 bits per heavy atom. The van der Waals surface area contributed by atoms with E-state index in [2.05, 4.69) is 10.3 Å². The van der Waals surface area contributed by atoms with Crippen LogP contribution in [0.1, 0.15) is 34.6 Å². The van der Waals surface area contributed by atoms with Crippen LogP contribution in [0.3, 0.4) is 0 Å². The van der Waals surface area contributed by atoms with Gasteiger partial charge in [-0.2, -0.15) is 0 Å². The van der Waals surface area contributed by atoms with E-state index in [1.807, 2.05) is 0 Å². The van der Waals surface area contributed by atoms with Crippen molar-refractivity contribution in [2.24, 2.45) is 11.8 Å². The number of halogens is 4. The first-order chi connectivity index (χ1) is 16.5. The lowest BCUT2D eigenvalue weighted by atomic mass is 9.54. The fourth-order valence-electron chi connectivity index (χ4n) is 5.06. The molecule has 3 aliphatic carbocycles. The number of fused-ring (bicyclic) bond motifs is 2. The number of hydrogen-bond acceptors (Lipinski definition) is 6. The number of amides is 1. The minimum atomic E-state index is -3.97. The summed E-state index contributed by atoms with van der Waals surface area (Å²) in [5.74, 6) is -6.01. The summed E-state index contributed by atoms with van der Waals surface area (Å²) in [6.07, 6.45) is 2.74. The molecule has 3 aromatic rings. The van der Waals surface area contributed by atoms with E-state index < -0.39 is 44.0 Å². The van der Waals surface area contributed by atoms with E-state index in [4.69, 9.17) is 11.6 Å². The SMILES string of the molecule is O=C(Nc1cc(F)c(F)c(F)c1)c1ccc(Cl)c(S(=O)(=O)[C@H]2CC3CC(C2)[C@@]3(O)c2nccs2)c1. The van der Waals surface area contributed by atoms with Gasteiger partial charge in [0.2, 0.25) is 0 Å². The summed E-state index contributed by atoms with van der Waals surface area (Å²) in [5.41, 5.74) is -1.58. The Hall–Kier alpha value is -2.47. The third kappa shape index (κ3) is 3.94. The van der Waals surface area contributed by atoms with Crippen molar-refractivity contribution >= 4 is 44.4 Å². The number of benzene rings is 2. The van der Waals surface area contributed by atoms with Crippen LogP contribution in [0.5, 0.6) is 0 Å². The second-order valence-corrected chi connectivity index (χ2v) is 12.3. The first-order valence-electron chi connectivity index (χ1n) is 10.6. The number of rotatable bonds is 5. The summed E-state index contributed by atoms with van der Waals surface area (Å²) < 4.78 is 67.1. The number of anilines is 1. The van der Waals surface area contributed by atoms with Crippen LogP contribution < -0.4 is 5.32 Å². The first kappa shape index (κ1) is 24.2. The van der Waals surface area contributed by atoms with Gasteiger partial charge in [-0.15, -0.1) is 11.3 Å². The van der Waals surface area contributed by atoms with E-state index in [-0.39, 0.29) is 45.8 Å². The monoisotopic (exact) mass is 542 g/mol. The highest BCUT2D eigenvalue weighted by atomic mass is 35.5. The molecule has 1 heterocycles. The Bertz CT molecular complexity index is 1400. The Labute approximate surface area is 207 Å². The van der Waals surface area contributed by atoms with E-state index in [1.54, 1.807) is 11.6 Å². The summed E-state index contributed by atoms with van der Waals surface area (Å²) in [6.45, 7) is 0. The van der Waals surface area contributed by atoms with Gasteiger partial charge in [-0.05, 0) is 49.3 Å². The number of thiazole rings is 1. The third-order valence-electron chi connectivity index (χ3n) is 6.86. The van der Waals surface area contributed by atoms with Crippen molar-refractivity contribution in [3.8, 4) is 0 Å². The van der Waals surface area contributed by atoms with Gasteiger partial charge in [0, 0.05) is 35.0 Å². The van der Waals surface area contributed by atoms with Crippen molar-refractivity contribution < 1.29 is 31.5 Å². The van der Waals surface area contributed by atoms with Crippen molar-refractivity contribution in [2.45, 2.75) is 35.0 Å². The summed E-state index contributed by atoms with van der Waals surface area (Å²) in [7, 11) is -3.97. The standard InChI is InChI=1S/C23H18ClF3N2O4S2/c24-16-2-1-11(21(30)29-14-9-17(25)20(27)18(26)10-14)5-19(16)35(32,33)15-7-12-6-13(8-15)23(12,31)22-28-3-4-34-22/h1-5,9-10,12-13,15,31H,6-8H2,(H,29,30)/t12?,13?,15-,23+. The molecule has 0 saturated heterocycles. The van der Waals surface area contributed by atoms with Crippen molar-refractivity contribution in [1.82, 2.24) is 4.98 Å². The lowest BCUT2D eigenvalue weighted by Crippen LogP contribution is -2.59. The van der Waals surface area contributed by atoms with Gasteiger partial charge < -0.3 is 10.4 Å². The second kappa shape index (κ2) is 8.58. The number of carbonyl (C=O) groups excluding carboxylic acids is 1. The zero-order valence-electron chi connectivity index (χ0n) is 17.8. The average Bonchev–Trinajstić information content (AvgIpc) is 3.37. The van der Waals surface area contributed by atoms with Crippen molar-refractivity contribution in [3.63, 3.8) is 0 Å². The molecule has 2 atom stereocenters. The normalized spacial score (nSPS) is 25.7. The molecule has 2 bridgehead atoms. The molecule has 2 N–H and O–H groups in total. The quantitative estimate of drug-likeness (QED) is 0.446. The predicted octanol–water partition coefficient (Wildman–Crippen LogP) is 4.93. The molecule has 12 heteroatoms. The predicted molar refractivity (Wildman–Crippen MR) is 124 cm³/mol. The number of aliphatic hydroxyl groups is 1. The van der Waals surface area contributed by atoms with Gasteiger partial charge >= 0.3 is 0 Å². The van der Waals surface area contributed by atoms with Crippen LogP contribution in [0, 0.1) is 29.3 Å². The molecule has 0 spiro atoms. The number of sulfone groups is 1. The molecule has 2 aromatic carbocycles. The molecule has 1 aromatic heterocycles. The molecule has 3 fully saturated rings. The molecular formula is C23H18ClF3N2O4S2. The molecule has 3 saturated carbocycles. The minimum Gasteiger partial charge on any atom is -0.382 e. The molecular weight excluding hydrogens is 525 g/mol. The topological polar surface area (TPSA) is 96.4 Å². The molecule has 6 nitrogen and oxygen atoms in total. The largest absolute Gasteiger partial charge is 0.382 e. The minimum absolute atomic E-state index is 0.0742. The van der Waals surface area contributed by atoms with E-state index in [9.17, 15) is 31.5 Å². The van der Waals surface area contributed by atoms with Gasteiger partial charge in [0.25, 0.3) is 5.91 Å². The Kier molecular flexibility index (Phi) is 5.94. The van der Waals surface area contributed by atoms with Crippen molar-refractivity contribution in [3.05, 3.63) is 75.0 Å². The highest BCUT2D eigenvalue weighted by Gasteiger charge is 2.62. The van der Waals surface area contributed by atoms with Gasteiger partial charge in [-0.25, -0.2) is 26.6 Å². The van der Waals surface area contributed by atoms with Crippen LogP contribution >= 0.6 is 22.9 Å². The van der Waals surface area contributed by atoms with E-state index in [0.717, 1.165) is 6.07 Å². The van der Waals surface area contributed by atoms with Gasteiger partial charge in [0.1, 0.15) is 10.6 Å². The van der Waals surface area contributed by atoms with Crippen LogP contribution in [0.4, 0.5) is 18.9 Å². The smallest absolute Gasteiger partial charge is 0.255 e. The maximum absolute atomic E-state index is 13.5. The van der Waals surface area contributed by atoms with Crippen LogP contribution in [-0.2, 0) is 15.4 Å². The van der Waals surface area contributed by atoms with Gasteiger partial charge in [0.05, 0.1) is 15.2 Å². The summed E-state index contributed by atoms with van der Waals surface area (Å²) in [4.78, 5) is 16.6. The van der Waals surface area contributed by atoms with Gasteiger partial charge in [-0.1, -0.05) is 11.6 Å². The lowest BCUT2D eigenvalue weighted by molar-refractivity contribution is -0.184. The zero-order valence-corrected chi connectivity index (χ0v) is 20.2. The van der Waals surface area contributed by atoms with E-state index >= 15 is 0 Å². The molecule has 0 radical (unpaired) electrons. The van der Waals surface area contributed by atoms with Gasteiger partial charge in [-0.3, -0.25) is 4.79 Å². The number of carbonyl (C=O) groups is 1. The first-order valence-corrected chi connectivity index (χ1v) is 13.4. The molecule has 6 rings (SSSR count). The van der Waals surface area contributed by atoms with Crippen LogP contribution in [-0.4, -0.2) is 29.7 Å². The summed E-state index contributed by atoms with van der Waals surface area (Å²) in [5, 5.41) is 14.9. The fourth-order valence-corrected chi connectivity index (χ4v) is 8.35. The van der Waals surface area contributed by atoms with Crippen molar-refractivity contribution in [2.75, 3.05) is 5.32 Å². The fraction of sp³-hybridized carbons (Fsp3) is 0.304. The highest BCUT2D eigenvalue weighted by Crippen LogP contribution is 2.60. The Balaban J connectivity index is 1.38. The zero-order chi connectivity index (χ0) is 25.1. The maximum atomic E-state index is 13.5. The molecule has 35 heavy (non-hydrogen) atoms. The number of nitrogens with zero attached hydrogens (tertiary/aromatic N) is 1. The molecule has 3 aliphatic rings. The van der Waals surface area contributed by atoms with Crippen LogP contribution in [0.2, 0.25) is 5.02 Å². The Morgan fingerprint density at radius 1 is 1.11 bits per heavy atom. The molecule has 184 valence electrons. The van der Waals surface area contributed by atoms with Crippen molar-refractivity contribution in [1.29, 1.82) is 0 Å². The maximum Gasteiger partial charge on any atom is 0.255 e. The third-order valence-corrected chi connectivity index (χ3v) is 10.4. The van der Waals surface area contributed by atoms with E-state index in [1.165, 1.54) is 23.5 Å². The molecule has 2 unspecified atom stereocenters. The number of aromatic nitrogens is 1. The van der Waals surface area contributed by atoms with E-state index in [0.29, 0.717) is 23.6 Å². The summed E-state index contributed by atoms with van der Waals surface area (Å²) >= 11 is 7.53. The second-order valence-electron chi connectivity index (χ2n) is 8.78. The van der Waals surface area contributed by atoms with Gasteiger partial charge in [0.15, 0.2) is 27.3 Å². The Morgan fingerprint density at radius 3 is 2.37 bits per heavy atom. The molecule has 0 aliphatic heterocycles. The van der Waals surface area contributed by atoms with Crippen LogP contribution in [0.25, 0.3) is 0 Å². The number of nitrogens with one attached hydrogen (secondary N) is 1. The van der Waals surface area contributed by atoms with Crippen LogP contribution in [0.15, 0.2) is 46.8 Å². The molecule has 1 amide bonds.